The highest BCUT2D eigenvalue weighted by Crippen LogP contribution is 2.34. The van der Waals surface area contributed by atoms with Crippen LogP contribution in [-0.4, -0.2) is 0 Å². The first kappa shape index (κ1) is 27.8. The van der Waals surface area contributed by atoms with Gasteiger partial charge >= 0.3 is 0 Å². The molecule has 3 heteroatoms. The minimum absolute atomic E-state index is 0.426. The second kappa shape index (κ2) is 14.1. The van der Waals surface area contributed by atoms with Crippen molar-refractivity contribution in [1.82, 2.24) is 0 Å². The summed E-state index contributed by atoms with van der Waals surface area (Å²) in [6.45, 7) is 2.25. The molecule has 0 heterocycles. The van der Waals surface area contributed by atoms with Gasteiger partial charge in [0.25, 0.3) is 0 Å². The van der Waals surface area contributed by atoms with E-state index in [-0.39, 0.29) is 0 Å². The van der Waals surface area contributed by atoms with Gasteiger partial charge < -0.3 is 0 Å². The van der Waals surface area contributed by atoms with E-state index in [1.165, 1.54) is 98.6 Å². The van der Waals surface area contributed by atoms with Crippen molar-refractivity contribution < 1.29 is 8.78 Å². The zero-order valence-corrected chi connectivity index (χ0v) is 23.0. The Morgan fingerprint density at radius 3 is 1.41 bits per heavy atom. The van der Waals surface area contributed by atoms with Gasteiger partial charge in [-0.05, 0) is 103 Å². The summed E-state index contributed by atoms with van der Waals surface area (Å²) < 4.78 is 27.3. The van der Waals surface area contributed by atoms with E-state index < -0.39 is 16.7 Å². The molecule has 0 aliphatic heterocycles. The maximum Gasteiger partial charge on any atom is 0.145 e. The van der Waals surface area contributed by atoms with E-state index in [2.05, 4.69) is 55.5 Å². The molecule has 0 amide bonds. The predicted molar refractivity (Wildman–Crippen MR) is 152 cm³/mol. The van der Waals surface area contributed by atoms with Crippen LogP contribution in [0.15, 0.2) is 60.7 Å². The van der Waals surface area contributed by atoms with Crippen molar-refractivity contribution in [1.29, 1.82) is 0 Å². The van der Waals surface area contributed by atoms with Crippen molar-refractivity contribution in [2.24, 2.45) is 11.8 Å². The van der Waals surface area contributed by atoms with Gasteiger partial charge in [-0.1, -0.05) is 99.2 Å². The molecule has 0 spiro atoms. The number of halogens is 3. The Hall–Kier alpha value is -2.19. The number of hydrogen-bond donors (Lipinski definition) is 0. The number of benzene rings is 3. The van der Waals surface area contributed by atoms with Gasteiger partial charge in [0.15, 0.2) is 0 Å². The largest absolute Gasteiger partial charge is 0.205 e. The fourth-order valence-corrected chi connectivity index (χ4v) is 5.83. The van der Waals surface area contributed by atoms with Gasteiger partial charge in [-0.3, -0.25) is 0 Å². The fraction of sp³-hybridized carbons (Fsp3) is 0.471. The lowest BCUT2D eigenvalue weighted by atomic mass is 9.77. The van der Waals surface area contributed by atoms with Crippen LogP contribution in [0.3, 0.4) is 0 Å². The Morgan fingerprint density at radius 2 is 0.973 bits per heavy atom. The summed E-state index contributed by atoms with van der Waals surface area (Å²) >= 11 is 5.58. The third kappa shape index (κ3) is 8.67. The molecule has 0 radical (unpaired) electrons. The molecule has 0 bridgehead atoms. The maximum atomic E-state index is 13.7. The van der Waals surface area contributed by atoms with E-state index in [9.17, 15) is 8.78 Å². The summed E-state index contributed by atoms with van der Waals surface area (Å²) in [4.78, 5) is 0. The van der Waals surface area contributed by atoms with Gasteiger partial charge in [-0.25, -0.2) is 8.78 Å². The van der Waals surface area contributed by atoms with E-state index in [0.717, 1.165) is 24.7 Å². The Balaban J connectivity index is 1.13. The second-order valence-corrected chi connectivity index (χ2v) is 11.5. The monoisotopic (exact) mass is 522 g/mol. The first-order valence-corrected chi connectivity index (χ1v) is 14.7. The van der Waals surface area contributed by atoms with Crippen molar-refractivity contribution in [3.8, 4) is 0 Å². The molecule has 1 aliphatic carbocycles. The zero-order valence-electron chi connectivity index (χ0n) is 22.3. The molecule has 198 valence electrons. The summed E-state index contributed by atoms with van der Waals surface area (Å²) in [5.74, 6) is 0.364. The van der Waals surface area contributed by atoms with Crippen LogP contribution in [0.2, 0.25) is 5.02 Å². The molecule has 0 saturated heterocycles. The second-order valence-electron chi connectivity index (χ2n) is 11.1. The first-order chi connectivity index (χ1) is 18.0. The minimum atomic E-state index is -0.687. The highest BCUT2D eigenvalue weighted by molar-refractivity contribution is 6.30. The molecule has 0 atom stereocenters. The predicted octanol–water partition coefficient (Wildman–Crippen LogP) is 10.1. The molecule has 1 saturated carbocycles. The lowest BCUT2D eigenvalue weighted by Gasteiger charge is -2.28. The minimum Gasteiger partial charge on any atom is -0.205 e. The SMILES string of the molecule is CCCCc1ccc(CC[C@H]2CC[C@H](CCc3ccc(CCc4cc(F)c(Cl)c(F)c4)cc3)CC2)cc1. The van der Waals surface area contributed by atoms with E-state index in [1.54, 1.807) is 0 Å². The maximum absolute atomic E-state index is 13.7. The molecule has 4 rings (SSSR count). The highest BCUT2D eigenvalue weighted by atomic mass is 35.5. The number of rotatable bonds is 12. The van der Waals surface area contributed by atoms with Gasteiger partial charge in [0, 0.05) is 0 Å². The molecule has 0 nitrogen and oxygen atoms in total. The zero-order chi connectivity index (χ0) is 26.0. The third-order valence-electron chi connectivity index (χ3n) is 8.26. The van der Waals surface area contributed by atoms with Crippen molar-refractivity contribution in [2.75, 3.05) is 0 Å². The van der Waals surface area contributed by atoms with Crippen LogP contribution in [0.1, 0.15) is 86.1 Å². The average molecular weight is 523 g/mol. The van der Waals surface area contributed by atoms with Crippen LogP contribution < -0.4 is 0 Å². The van der Waals surface area contributed by atoms with Gasteiger partial charge in [0.2, 0.25) is 0 Å². The molecule has 1 fully saturated rings. The van der Waals surface area contributed by atoms with E-state index in [1.807, 2.05) is 0 Å². The van der Waals surface area contributed by atoms with Gasteiger partial charge in [-0.2, -0.15) is 0 Å². The summed E-state index contributed by atoms with van der Waals surface area (Å²) in [5, 5.41) is -0.426. The fourth-order valence-electron chi connectivity index (χ4n) is 5.72. The van der Waals surface area contributed by atoms with Crippen LogP contribution in [0.5, 0.6) is 0 Å². The lowest BCUT2D eigenvalue weighted by molar-refractivity contribution is 0.253. The first-order valence-electron chi connectivity index (χ1n) is 14.3. The van der Waals surface area contributed by atoms with Gasteiger partial charge in [0.1, 0.15) is 16.7 Å². The van der Waals surface area contributed by atoms with Crippen LogP contribution in [0.25, 0.3) is 0 Å². The van der Waals surface area contributed by atoms with Crippen LogP contribution in [0, 0.1) is 23.5 Å². The van der Waals surface area contributed by atoms with E-state index in [0.29, 0.717) is 12.0 Å². The summed E-state index contributed by atoms with van der Waals surface area (Å²) in [7, 11) is 0. The summed E-state index contributed by atoms with van der Waals surface area (Å²) in [5.41, 5.74) is 6.19. The quantitative estimate of drug-likeness (QED) is 0.207. The van der Waals surface area contributed by atoms with Crippen molar-refractivity contribution >= 4 is 11.6 Å². The molecule has 3 aromatic carbocycles. The Morgan fingerprint density at radius 1 is 0.595 bits per heavy atom. The topological polar surface area (TPSA) is 0 Å². The molecular formula is C34H41ClF2. The molecule has 0 N–H and O–H groups in total. The Labute approximate surface area is 227 Å². The smallest absolute Gasteiger partial charge is 0.145 e. The van der Waals surface area contributed by atoms with E-state index in [4.69, 9.17) is 11.6 Å². The van der Waals surface area contributed by atoms with Crippen molar-refractivity contribution in [3.05, 3.63) is 105 Å². The number of aryl methyl sites for hydroxylation is 5. The summed E-state index contributed by atoms with van der Waals surface area (Å²) in [6.07, 6.45) is 15.6. The van der Waals surface area contributed by atoms with Gasteiger partial charge in [0.05, 0.1) is 0 Å². The van der Waals surface area contributed by atoms with Crippen LogP contribution in [0.4, 0.5) is 8.78 Å². The molecule has 0 unspecified atom stereocenters. The average Bonchev–Trinajstić information content (AvgIpc) is 2.93. The molecule has 1 aliphatic rings. The highest BCUT2D eigenvalue weighted by Gasteiger charge is 2.21. The standard InChI is InChI=1S/C34H41ClF2/c1-2-3-4-25-5-7-26(8-6-25)9-10-27-11-13-28(14-12-27)15-16-29-17-19-30(20-18-29)21-22-31-23-32(36)34(35)33(37)24-31/h5-8,17-20,23-24,27-28H,2-4,9-16,21-22H2,1H3/t27-,28-. The summed E-state index contributed by atoms with van der Waals surface area (Å²) in [6, 6.07) is 20.8. The van der Waals surface area contributed by atoms with E-state index >= 15 is 0 Å². The molecule has 3 aromatic rings. The van der Waals surface area contributed by atoms with Crippen molar-refractivity contribution in [2.45, 2.75) is 90.4 Å². The molecular weight excluding hydrogens is 482 g/mol. The van der Waals surface area contributed by atoms with Crippen molar-refractivity contribution in [3.63, 3.8) is 0 Å². The third-order valence-corrected chi connectivity index (χ3v) is 8.62. The molecule has 37 heavy (non-hydrogen) atoms. The number of unbranched alkanes of at least 4 members (excludes halogenated alkanes) is 1. The van der Waals surface area contributed by atoms with Crippen LogP contribution in [-0.2, 0) is 32.1 Å². The van der Waals surface area contributed by atoms with Gasteiger partial charge in [-0.15, -0.1) is 0 Å². The Bertz CT molecular complexity index is 1070. The molecule has 0 aromatic heterocycles. The lowest BCUT2D eigenvalue weighted by Crippen LogP contribution is -2.15. The normalized spacial score (nSPS) is 17.7. The number of hydrogen-bond acceptors (Lipinski definition) is 0. The van der Waals surface area contributed by atoms with Crippen LogP contribution >= 0.6 is 11.6 Å². The Kier molecular flexibility index (Phi) is 10.6.